The molecule has 0 spiro atoms. The van der Waals surface area contributed by atoms with Crippen LogP contribution in [0, 0.1) is 0 Å². The van der Waals surface area contributed by atoms with Gasteiger partial charge in [-0.15, -0.1) is 0 Å². The van der Waals surface area contributed by atoms with Gasteiger partial charge in [-0.2, -0.15) is 13.2 Å². The van der Waals surface area contributed by atoms with Crippen LogP contribution in [0.4, 0.5) is 24.7 Å². The normalized spacial score (nSPS) is 11.6. The Bertz CT molecular complexity index is 831. The number of fused-ring (bicyclic) bond motifs is 1. The Kier molecular flexibility index (Phi) is 3.66. The fourth-order valence-corrected chi connectivity index (χ4v) is 2.33. The van der Waals surface area contributed by atoms with Gasteiger partial charge in [0.15, 0.2) is 0 Å². The SMILES string of the molecule is FC(F)(F)c1cc(Nc2ccc3ccccc3n2)ccc1Cl. The number of anilines is 2. The lowest BCUT2D eigenvalue weighted by molar-refractivity contribution is -0.137. The van der Waals surface area contributed by atoms with Gasteiger partial charge in [0, 0.05) is 11.1 Å². The highest BCUT2D eigenvalue weighted by molar-refractivity contribution is 6.31. The van der Waals surface area contributed by atoms with Gasteiger partial charge in [-0.1, -0.05) is 29.8 Å². The van der Waals surface area contributed by atoms with Crippen molar-refractivity contribution in [2.45, 2.75) is 6.18 Å². The van der Waals surface area contributed by atoms with Crippen molar-refractivity contribution in [3.63, 3.8) is 0 Å². The van der Waals surface area contributed by atoms with Crippen LogP contribution in [0.25, 0.3) is 10.9 Å². The second-order valence-electron chi connectivity index (χ2n) is 4.71. The van der Waals surface area contributed by atoms with Crippen LogP contribution in [0.2, 0.25) is 5.02 Å². The van der Waals surface area contributed by atoms with Crippen molar-refractivity contribution < 1.29 is 13.2 Å². The summed E-state index contributed by atoms with van der Waals surface area (Å²) >= 11 is 5.60. The predicted molar refractivity (Wildman–Crippen MR) is 81.5 cm³/mol. The summed E-state index contributed by atoms with van der Waals surface area (Å²) < 4.78 is 38.5. The molecule has 3 rings (SSSR count). The molecule has 0 aliphatic rings. The maximum absolute atomic E-state index is 12.8. The molecule has 1 N–H and O–H groups in total. The monoisotopic (exact) mass is 322 g/mol. The number of benzene rings is 2. The number of para-hydroxylation sites is 1. The lowest BCUT2D eigenvalue weighted by Crippen LogP contribution is -2.06. The van der Waals surface area contributed by atoms with Crippen LogP contribution in [0.1, 0.15) is 5.56 Å². The lowest BCUT2D eigenvalue weighted by atomic mass is 10.2. The second-order valence-corrected chi connectivity index (χ2v) is 5.11. The molecule has 2 aromatic carbocycles. The third-order valence-electron chi connectivity index (χ3n) is 3.14. The minimum Gasteiger partial charge on any atom is -0.340 e. The van der Waals surface area contributed by atoms with Crippen LogP contribution in [-0.2, 0) is 6.18 Å². The van der Waals surface area contributed by atoms with Gasteiger partial charge in [-0.25, -0.2) is 4.98 Å². The Morgan fingerprint density at radius 3 is 2.50 bits per heavy atom. The van der Waals surface area contributed by atoms with Crippen molar-refractivity contribution in [1.82, 2.24) is 4.98 Å². The topological polar surface area (TPSA) is 24.9 Å². The Hall–Kier alpha value is -2.27. The van der Waals surface area contributed by atoms with E-state index in [-0.39, 0.29) is 10.7 Å². The summed E-state index contributed by atoms with van der Waals surface area (Å²) in [5.41, 5.74) is 0.164. The molecule has 2 nitrogen and oxygen atoms in total. The van der Waals surface area contributed by atoms with Crippen molar-refractivity contribution in [2.24, 2.45) is 0 Å². The molecule has 3 aromatic rings. The molecule has 0 saturated carbocycles. The Morgan fingerprint density at radius 1 is 0.955 bits per heavy atom. The lowest BCUT2D eigenvalue weighted by Gasteiger charge is -2.12. The molecule has 1 heterocycles. The smallest absolute Gasteiger partial charge is 0.340 e. The second kappa shape index (κ2) is 5.50. The third kappa shape index (κ3) is 2.99. The van der Waals surface area contributed by atoms with E-state index >= 15 is 0 Å². The Morgan fingerprint density at radius 2 is 1.73 bits per heavy atom. The first kappa shape index (κ1) is 14.7. The average Bonchev–Trinajstić information content (AvgIpc) is 2.48. The molecule has 0 unspecified atom stereocenters. The Labute approximate surface area is 129 Å². The number of rotatable bonds is 2. The molecular formula is C16H10ClF3N2. The molecule has 1 aromatic heterocycles. The molecule has 0 fully saturated rings. The van der Waals surface area contributed by atoms with Gasteiger partial charge < -0.3 is 5.32 Å². The molecular weight excluding hydrogens is 313 g/mol. The Balaban J connectivity index is 1.94. The molecule has 112 valence electrons. The summed E-state index contributed by atoms with van der Waals surface area (Å²) in [6.07, 6.45) is -4.49. The van der Waals surface area contributed by atoms with Gasteiger partial charge in [-0.3, -0.25) is 0 Å². The number of aromatic nitrogens is 1. The summed E-state index contributed by atoms with van der Waals surface area (Å²) in [7, 11) is 0. The molecule has 0 aliphatic carbocycles. The van der Waals surface area contributed by atoms with E-state index in [1.165, 1.54) is 12.1 Å². The molecule has 0 amide bonds. The quantitative estimate of drug-likeness (QED) is 0.659. The standard InChI is InChI=1S/C16H10ClF3N2/c17-13-7-6-11(9-12(13)16(18,19)20)21-15-8-5-10-3-1-2-4-14(10)22-15/h1-9H,(H,21,22). The van der Waals surface area contributed by atoms with Crippen molar-refractivity contribution >= 4 is 34.0 Å². The molecule has 0 radical (unpaired) electrons. The minimum atomic E-state index is -4.49. The van der Waals surface area contributed by atoms with Gasteiger partial charge in [0.1, 0.15) is 5.82 Å². The fraction of sp³-hybridized carbons (Fsp3) is 0.0625. The summed E-state index contributed by atoms with van der Waals surface area (Å²) in [6, 6.07) is 14.7. The third-order valence-corrected chi connectivity index (χ3v) is 3.47. The molecule has 0 bridgehead atoms. The van der Waals surface area contributed by atoms with Crippen LogP contribution < -0.4 is 5.32 Å². The van der Waals surface area contributed by atoms with E-state index in [0.29, 0.717) is 5.82 Å². The van der Waals surface area contributed by atoms with E-state index < -0.39 is 11.7 Å². The summed E-state index contributed by atoms with van der Waals surface area (Å²) in [5.74, 6) is 0.467. The highest BCUT2D eigenvalue weighted by atomic mass is 35.5. The van der Waals surface area contributed by atoms with Crippen molar-refractivity contribution in [2.75, 3.05) is 5.32 Å². The van der Waals surface area contributed by atoms with Crippen LogP contribution >= 0.6 is 11.6 Å². The van der Waals surface area contributed by atoms with Gasteiger partial charge >= 0.3 is 6.18 Å². The van der Waals surface area contributed by atoms with E-state index in [1.54, 1.807) is 6.07 Å². The number of hydrogen-bond acceptors (Lipinski definition) is 2. The van der Waals surface area contributed by atoms with E-state index in [1.807, 2.05) is 30.3 Å². The number of nitrogens with one attached hydrogen (secondary N) is 1. The highest BCUT2D eigenvalue weighted by Crippen LogP contribution is 2.36. The zero-order valence-electron chi connectivity index (χ0n) is 11.2. The number of nitrogens with zero attached hydrogens (tertiary/aromatic N) is 1. The van der Waals surface area contributed by atoms with Gasteiger partial charge in [0.25, 0.3) is 0 Å². The first-order valence-electron chi connectivity index (χ1n) is 6.43. The van der Waals surface area contributed by atoms with Crippen molar-refractivity contribution in [3.8, 4) is 0 Å². The summed E-state index contributed by atoms with van der Waals surface area (Å²) in [4.78, 5) is 4.36. The summed E-state index contributed by atoms with van der Waals surface area (Å²) in [6.45, 7) is 0. The number of halogens is 4. The highest BCUT2D eigenvalue weighted by Gasteiger charge is 2.33. The minimum absolute atomic E-state index is 0.277. The van der Waals surface area contributed by atoms with Gasteiger partial charge in [0.2, 0.25) is 0 Å². The van der Waals surface area contributed by atoms with Crippen molar-refractivity contribution in [1.29, 1.82) is 0 Å². The number of pyridine rings is 1. The van der Waals surface area contributed by atoms with E-state index in [0.717, 1.165) is 17.0 Å². The van der Waals surface area contributed by atoms with E-state index in [9.17, 15) is 13.2 Å². The van der Waals surface area contributed by atoms with Gasteiger partial charge in [-0.05, 0) is 36.4 Å². The summed E-state index contributed by atoms with van der Waals surface area (Å²) in [5, 5.41) is 3.50. The predicted octanol–water partition coefficient (Wildman–Crippen LogP) is 5.65. The fourth-order valence-electron chi connectivity index (χ4n) is 2.10. The molecule has 0 saturated heterocycles. The first-order chi connectivity index (χ1) is 10.4. The first-order valence-corrected chi connectivity index (χ1v) is 6.81. The number of hydrogen-bond donors (Lipinski definition) is 1. The van der Waals surface area contributed by atoms with E-state index in [2.05, 4.69) is 10.3 Å². The zero-order valence-corrected chi connectivity index (χ0v) is 11.9. The molecule has 0 aliphatic heterocycles. The average molecular weight is 323 g/mol. The molecule has 22 heavy (non-hydrogen) atoms. The maximum Gasteiger partial charge on any atom is 0.417 e. The van der Waals surface area contributed by atoms with Crippen LogP contribution in [-0.4, -0.2) is 4.98 Å². The van der Waals surface area contributed by atoms with Crippen LogP contribution in [0.3, 0.4) is 0 Å². The number of alkyl halides is 3. The van der Waals surface area contributed by atoms with Crippen molar-refractivity contribution in [3.05, 3.63) is 65.2 Å². The molecule has 6 heteroatoms. The molecule has 0 atom stereocenters. The maximum atomic E-state index is 12.8. The van der Waals surface area contributed by atoms with Crippen LogP contribution in [0.15, 0.2) is 54.6 Å². The zero-order chi connectivity index (χ0) is 15.7. The van der Waals surface area contributed by atoms with E-state index in [4.69, 9.17) is 11.6 Å². The largest absolute Gasteiger partial charge is 0.417 e. The van der Waals surface area contributed by atoms with Crippen LogP contribution in [0.5, 0.6) is 0 Å². The van der Waals surface area contributed by atoms with Gasteiger partial charge in [0.05, 0.1) is 16.1 Å².